The number of hydrogen-bond donors (Lipinski definition) is 3. The van der Waals surface area contributed by atoms with Gasteiger partial charge in [0.15, 0.2) is 11.6 Å². The van der Waals surface area contributed by atoms with Crippen LogP contribution in [0.15, 0.2) is 23.7 Å². The molecule has 2 aliphatic heterocycles. The van der Waals surface area contributed by atoms with Gasteiger partial charge in [0.1, 0.15) is 11.8 Å². The minimum atomic E-state index is -2.86. The van der Waals surface area contributed by atoms with E-state index in [1.165, 1.54) is 18.0 Å². The van der Waals surface area contributed by atoms with Crippen LogP contribution in [0.4, 0.5) is 25.0 Å². The fourth-order valence-electron chi connectivity index (χ4n) is 2.81. The number of carbonyl (C=O) groups is 2. The zero-order valence-electron chi connectivity index (χ0n) is 14.4. The number of benzene rings is 1. The lowest BCUT2D eigenvalue weighted by atomic mass is 10.2. The van der Waals surface area contributed by atoms with E-state index in [4.69, 9.17) is 4.74 Å². The van der Waals surface area contributed by atoms with E-state index in [1.54, 1.807) is 0 Å². The number of hydrogen-bond acceptors (Lipinski definition) is 6. The van der Waals surface area contributed by atoms with Crippen LogP contribution in [0.3, 0.4) is 0 Å². The van der Waals surface area contributed by atoms with E-state index in [-0.39, 0.29) is 42.7 Å². The van der Waals surface area contributed by atoms with E-state index in [2.05, 4.69) is 5.32 Å². The molecular formula is C16H19F2N3O5S. The summed E-state index contributed by atoms with van der Waals surface area (Å²) in [6, 6.07) is 2.03. The molecule has 0 bridgehead atoms. The number of nitrogens with one attached hydrogen (secondary N) is 1. The largest absolute Gasteiger partial charge is 0.442 e. The quantitative estimate of drug-likeness (QED) is 0.714. The standard InChI is InChI=1S/C16H19F2N3O5S/c1-10(22)19-8-12-9-21(16(23)26-12)11-6-13(17)15(14(18)7-11)20-2-4-27(24,25)5-3-20/h2,4,6-7,12,24-25H,3,5,8-9H2,1H3,(H,19,22)/t12-/m0/s1. The number of carbonyl (C=O) groups excluding carboxylic acids is 2. The molecule has 2 aliphatic rings. The molecule has 0 aliphatic carbocycles. The van der Waals surface area contributed by atoms with Gasteiger partial charge < -0.3 is 15.0 Å². The highest BCUT2D eigenvalue weighted by molar-refractivity contribution is 8.26. The molecule has 2 amide bonds. The molecule has 0 unspecified atom stereocenters. The molecule has 11 heteroatoms. The Kier molecular flexibility index (Phi) is 5.27. The minimum Gasteiger partial charge on any atom is -0.442 e. The summed E-state index contributed by atoms with van der Waals surface area (Å²) < 4.78 is 53.3. The van der Waals surface area contributed by atoms with Gasteiger partial charge in [0.25, 0.3) is 0 Å². The van der Waals surface area contributed by atoms with Crippen molar-refractivity contribution >= 4 is 34.0 Å². The molecule has 0 radical (unpaired) electrons. The normalized spacial score (nSPS) is 22.6. The van der Waals surface area contributed by atoms with Gasteiger partial charge in [0, 0.05) is 37.2 Å². The Morgan fingerprint density at radius 3 is 2.59 bits per heavy atom. The Morgan fingerprint density at radius 2 is 2.04 bits per heavy atom. The lowest BCUT2D eigenvalue weighted by Crippen LogP contribution is -2.33. The van der Waals surface area contributed by atoms with Crippen LogP contribution >= 0.6 is 10.6 Å². The Bertz CT molecular complexity index is 781. The van der Waals surface area contributed by atoms with Crippen LogP contribution in [-0.2, 0) is 9.53 Å². The first-order valence-corrected chi connectivity index (χ1v) is 9.86. The summed E-state index contributed by atoms with van der Waals surface area (Å²) in [6.07, 6.45) is -0.153. The smallest absolute Gasteiger partial charge is 0.414 e. The van der Waals surface area contributed by atoms with Crippen LogP contribution < -0.4 is 15.1 Å². The van der Waals surface area contributed by atoms with Crippen molar-refractivity contribution in [1.29, 1.82) is 0 Å². The number of rotatable bonds is 4. The second-order valence-electron chi connectivity index (χ2n) is 6.21. The van der Waals surface area contributed by atoms with Gasteiger partial charge in [-0.2, -0.15) is 10.6 Å². The Hall–Kier alpha value is -2.37. The lowest BCUT2D eigenvalue weighted by Gasteiger charge is -2.36. The van der Waals surface area contributed by atoms with Crippen LogP contribution in [0.5, 0.6) is 0 Å². The predicted octanol–water partition coefficient (Wildman–Crippen LogP) is 2.47. The molecule has 1 aromatic carbocycles. The van der Waals surface area contributed by atoms with Gasteiger partial charge >= 0.3 is 6.09 Å². The zero-order chi connectivity index (χ0) is 19.8. The molecule has 1 aromatic rings. The third-order valence-corrected chi connectivity index (χ3v) is 5.49. The Balaban J connectivity index is 1.79. The molecule has 0 aromatic heterocycles. The molecule has 0 spiro atoms. The maximum atomic E-state index is 14.6. The van der Waals surface area contributed by atoms with Crippen molar-refractivity contribution in [2.24, 2.45) is 0 Å². The van der Waals surface area contributed by atoms with Gasteiger partial charge in [-0.05, 0) is 0 Å². The van der Waals surface area contributed by atoms with Crippen molar-refractivity contribution in [2.75, 3.05) is 35.2 Å². The summed E-state index contributed by atoms with van der Waals surface area (Å²) in [4.78, 5) is 25.3. The van der Waals surface area contributed by atoms with Gasteiger partial charge in [0.05, 0.1) is 24.5 Å². The summed E-state index contributed by atoms with van der Waals surface area (Å²) in [5, 5.41) is 3.64. The number of ether oxygens (including phenoxy) is 1. The topological polar surface area (TPSA) is 102 Å². The first kappa shape index (κ1) is 19.4. The fourth-order valence-corrected chi connectivity index (χ4v) is 3.75. The number of nitrogens with zero attached hydrogens (tertiary/aromatic N) is 2. The highest BCUT2D eigenvalue weighted by atomic mass is 32.3. The van der Waals surface area contributed by atoms with E-state index in [0.717, 1.165) is 22.4 Å². The molecular weight excluding hydrogens is 384 g/mol. The first-order valence-electron chi connectivity index (χ1n) is 8.09. The maximum absolute atomic E-state index is 14.6. The van der Waals surface area contributed by atoms with Gasteiger partial charge in [-0.3, -0.25) is 18.8 Å². The molecule has 8 nitrogen and oxygen atoms in total. The molecule has 2 heterocycles. The van der Waals surface area contributed by atoms with Crippen LogP contribution in [0.2, 0.25) is 0 Å². The molecule has 1 saturated heterocycles. The second-order valence-corrected chi connectivity index (χ2v) is 8.33. The summed E-state index contributed by atoms with van der Waals surface area (Å²) in [5.74, 6) is -2.11. The third-order valence-electron chi connectivity index (χ3n) is 4.14. The summed E-state index contributed by atoms with van der Waals surface area (Å²) >= 11 is 0. The number of amides is 2. The van der Waals surface area contributed by atoms with E-state index in [0.29, 0.717) is 0 Å². The molecule has 148 valence electrons. The highest BCUT2D eigenvalue weighted by Crippen LogP contribution is 2.43. The van der Waals surface area contributed by atoms with E-state index >= 15 is 0 Å². The van der Waals surface area contributed by atoms with E-state index < -0.39 is 34.4 Å². The number of halogens is 2. The van der Waals surface area contributed by atoms with Crippen molar-refractivity contribution in [3.63, 3.8) is 0 Å². The number of anilines is 2. The lowest BCUT2D eigenvalue weighted by molar-refractivity contribution is -0.119. The summed E-state index contributed by atoms with van der Waals surface area (Å²) in [7, 11) is -2.86. The van der Waals surface area contributed by atoms with Gasteiger partial charge in [0.2, 0.25) is 5.91 Å². The van der Waals surface area contributed by atoms with Crippen LogP contribution in [0.1, 0.15) is 6.92 Å². The maximum Gasteiger partial charge on any atom is 0.414 e. The molecule has 27 heavy (non-hydrogen) atoms. The SMILES string of the molecule is CC(=O)NC[C@H]1CN(c2cc(F)c(N3C=CS(O)(O)CC3)c(F)c2)C(=O)O1. The van der Waals surface area contributed by atoms with Crippen molar-refractivity contribution in [2.45, 2.75) is 13.0 Å². The van der Waals surface area contributed by atoms with Gasteiger partial charge in [-0.15, -0.1) is 0 Å². The average Bonchev–Trinajstić information content (AvgIpc) is 2.94. The average molecular weight is 403 g/mol. The third kappa shape index (κ3) is 4.31. The monoisotopic (exact) mass is 403 g/mol. The first-order chi connectivity index (χ1) is 12.7. The summed E-state index contributed by atoms with van der Waals surface area (Å²) in [6.45, 7) is 1.51. The van der Waals surface area contributed by atoms with Crippen molar-refractivity contribution in [3.8, 4) is 0 Å². The van der Waals surface area contributed by atoms with E-state index in [9.17, 15) is 27.5 Å². The second kappa shape index (κ2) is 7.33. The number of cyclic esters (lactones) is 1. The van der Waals surface area contributed by atoms with E-state index in [1.807, 2.05) is 0 Å². The fraction of sp³-hybridized carbons (Fsp3) is 0.375. The molecule has 0 saturated carbocycles. The van der Waals surface area contributed by atoms with Crippen molar-refractivity contribution in [1.82, 2.24) is 5.32 Å². The summed E-state index contributed by atoms with van der Waals surface area (Å²) in [5.41, 5.74) is -0.346. The van der Waals surface area contributed by atoms with Gasteiger partial charge in [-0.25, -0.2) is 13.6 Å². The Labute approximate surface area is 155 Å². The molecule has 3 N–H and O–H groups in total. The molecule has 3 rings (SSSR count). The molecule has 1 fully saturated rings. The predicted molar refractivity (Wildman–Crippen MR) is 96.9 cm³/mol. The van der Waals surface area contributed by atoms with Crippen molar-refractivity contribution in [3.05, 3.63) is 35.4 Å². The zero-order valence-corrected chi connectivity index (χ0v) is 15.2. The minimum absolute atomic E-state index is 0.00523. The molecule has 1 atom stereocenters. The van der Waals surface area contributed by atoms with Crippen LogP contribution in [0, 0.1) is 11.6 Å². The Morgan fingerprint density at radius 1 is 1.37 bits per heavy atom. The highest BCUT2D eigenvalue weighted by Gasteiger charge is 2.34. The van der Waals surface area contributed by atoms with Crippen LogP contribution in [0.25, 0.3) is 0 Å². The van der Waals surface area contributed by atoms with Crippen LogP contribution in [-0.4, -0.2) is 52.6 Å². The van der Waals surface area contributed by atoms with Crippen molar-refractivity contribution < 1.29 is 32.2 Å². The van der Waals surface area contributed by atoms with Gasteiger partial charge in [-0.1, -0.05) is 0 Å².